The van der Waals surface area contributed by atoms with Crippen molar-refractivity contribution in [2.24, 2.45) is 16.3 Å². The number of hydrogen-bond donors (Lipinski definition) is 2. The van der Waals surface area contributed by atoms with Crippen LogP contribution in [0.3, 0.4) is 0 Å². The maximum absolute atomic E-state index is 5.88. The average Bonchev–Trinajstić information content (AvgIpc) is 3.12. The molecule has 1 saturated carbocycles. The Hall–Kier alpha value is -0.760. The Labute approximate surface area is 162 Å². The minimum atomic E-state index is 0. The van der Waals surface area contributed by atoms with Crippen LogP contribution in [0.25, 0.3) is 0 Å². The number of aliphatic imine (C=N–C) groups is 1. The zero-order chi connectivity index (χ0) is 16.6. The molecule has 1 saturated heterocycles. The summed E-state index contributed by atoms with van der Waals surface area (Å²) in [5, 5.41) is 7.11. The zero-order valence-electron chi connectivity index (χ0n) is 15.3. The zero-order valence-corrected chi connectivity index (χ0v) is 17.6. The first-order chi connectivity index (χ1) is 10.9. The van der Waals surface area contributed by atoms with Gasteiger partial charge in [0.1, 0.15) is 11.5 Å². The molecule has 5 nitrogen and oxygen atoms in total. The van der Waals surface area contributed by atoms with E-state index in [1.54, 1.807) is 0 Å². The van der Waals surface area contributed by atoms with Gasteiger partial charge in [-0.25, -0.2) is 0 Å². The fraction of sp³-hybridized carbons (Fsp3) is 0.722. The van der Waals surface area contributed by atoms with Gasteiger partial charge in [-0.3, -0.25) is 4.99 Å². The van der Waals surface area contributed by atoms with Crippen molar-refractivity contribution in [2.45, 2.75) is 59.2 Å². The lowest BCUT2D eigenvalue weighted by Crippen LogP contribution is -2.68. The van der Waals surface area contributed by atoms with Gasteiger partial charge in [-0.05, 0) is 39.3 Å². The van der Waals surface area contributed by atoms with Crippen molar-refractivity contribution in [3.63, 3.8) is 0 Å². The van der Waals surface area contributed by atoms with Gasteiger partial charge in [0, 0.05) is 30.5 Å². The summed E-state index contributed by atoms with van der Waals surface area (Å²) in [6.45, 7) is 12.3. The molecule has 0 amide bonds. The summed E-state index contributed by atoms with van der Waals surface area (Å²) in [4.78, 5) is 4.61. The highest BCUT2D eigenvalue weighted by molar-refractivity contribution is 14.0. The summed E-state index contributed by atoms with van der Waals surface area (Å²) in [6, 6.07) is 4.50. The van der Waals surface area contributed by atoms with Crippen LogP contribution in [0.5, 0.6) is 0 Å². The van der Waals surface area contributed by atoms with E-state index in [9.17, 15) is 0 Å². The van der Waals surface area contributed by atoms with E-state index in [1.807, 2.05) is 19.1 Å². The summed E-state index contributed by atoms with van der Waals surface area (Å²) in [7, 11) is 0. The van der Waals surface area contributed by atoms with Crippen molar-refractivity contribution < 1.29 is 9.15 Å². The molecule has 0 radical (unpaired) electrons. The van der Waals surface area contributed by atoms with Crippen molar-refractivity contribution in [1.82, 2.24) is 10.6 Å². The number of hydrogen-bond acceptors (Lipinski definition) is 3. The Morgan fingerprint density at radius 3 is 2.79 bits per heavy atom. The first-order valence-electron chi connectivity index (χ1n) is 8.69. The standard InChI is InChI=1S/C18H29N3O2.HI/c1-6-19-17(20-12(3)14-8-7-11(2)23-14)21-15-13-9-10-22-16(13)18(15,4)5;/h7-8,12-13,15-16H,6,9-10H2,1-5H3,(H2,19,20,21);1H. The molecule has 1 aliphatic heterocycles. The second kappa shape index (κ2) is 7.64. The van der Waals surface area contributed by atoms with E-state index in [1.165, 1.54) is 0 Å². The van der Waals surface area contributed by atoms with E-state index < -0.39 is 0 Å². The minimum absolute atomic E-state index is 0. The molecule has 2 fully saturated rings. The number of nitrogens with zero attached hydrogens (tertiary/aromatic N) is 1. The Bertz CT molecular complexity index is 585. The van der Waals surface area contributed by atoms with Gasteiger partial charge in [-0.2, -0.15) is 0 Å². The fourth-order valence-electron chi connectivity index (χ4n) is 4.02. The number of halogens is 1. The van der Waals surface area contributed by atoms with Gasteiger partial charge < -0.3 is 19.8 Å². The number of nitrogens with one attached hydrogen (secondary N) is 2. The molecule has 136 valence electrons. The Morgan fingerprint density at radius 2 is 2.17 bits per heavy atom. The predicted molar refractivity (Wildman–Crippen MR) is 107 cm³/mol. The monoisotopic (exact) mass is 447 g/mol. The highest BCUT2D eigenvalue weighted by Gasteiger charge is 2.59. The van der Waals surface area contributed by atoms with Gasteiger partial charge in [-0.1, -0.05) is 13.8 Å². The van der Waals surface area contributed by atoms with Gasteiger partial charge in [0.15, 0.2) is 5.96 Å². The predicted octanol–water partition coefficient (Wildman–Crippen LogP) is 3.64. The topological polar surface area (TPSA) is 58.8 Å². The molecule has 1 aromatic rings. The van der Waals surface area contributed by atoms with Crippen LogP contribution in [0.1, 0.15) is 51.7 Å². The van der Waals surface area contributed by atoms with Crippen molar-refractivity contribution in [1.29, 1.82) is 0 Å². The van der Waals surface area contributed by atoms with Crippen LogP contribution < -0.4 is 10.6 Å². The molecule has 2 aliphatic rings. The highest BCUT2D eigenvalue weighted by atomic mass is 127. The van der Waals surface area contributed by atoms with Gasteiger partial charge in [-0.15, -0.1) is 24.0 Å². The van der Waals surface area contributed by atoms with Crippen LogP contribution in [0.4, 0.5) is 0 Å². The van der Waals surface area contributed by atoms with Gasteiger partial charge >= 0.3 is 0 Å². The van der Waals surface area contributed by atoms with Crippen LogP contribution in [0.2, 0.25) is 0 Å². The number of furan rings is 1. The molecule has 2 N–H and O–H groups in total. The molecule has 24 heavy (non-hydrogen) atoms. The van der Waals surface area contributed by atoms with Gasteiger partial charge in [0.25, 0.3) is 0 Å². The highest BCUT2D eigenvalue weighted by Crippen LogP contribution is 2.52. The van der Waals surface area contributed by atoms with E-state index in [0.717, 1.165) is 37.1 Å². The Kier molecular flexibility index (Phi) is 6.23. The molecule has 0 spiro atoms. The molecular formula is C18H30IN3O2. The van der Waals surface area contributed by atoms with E-state index >= 15 is 0 Å². The van der Waals surface area contributed by atoms with Gasteiger partial charge in [0.05, 0.1) is 12.1 Å². The van der Waals surface area contributed by atoms with E-state index in [0.29, 0.717) is 18.1 Å². The summed E-state index contributed by atoms with van der Waals surface area (Å²) >= 11 is 0. The maximum Gasteiger partial charge on any atom is 0.192 e. The molecule has 1 aromatic heterocycles. The van der Waals surface area contributed by atoms with Crippen LogP contribution in [0.15, 0.2) is 21.5 Å². The molecule has 3 rings (SSSR count). The SMILES string of the molecule is CCN=C(NC(C)c1ccc(C)o1)NC1C2CCOC2C1(C)C.I. The first-order valence-corrected chi connectivity index (χ1v) is 8.69. The summed E-state index contributed by atoms with van der Waals surface area (Å²) in [5.41, 5.74) is 0.141. The molecule has 6 heteroatoms. The lowest BCUT2D eigenvalue weighted by molar-refractivity contribution is -0.106. The minimum Gasteiger partial charge on any atom is -0.464 e. The maximum atomic E-state index is 5.88. The molecule has 2 heterocycles. The van der Waals surface area contributed by atoms with Crippen molar-refractivity contribution >= 4 is 29.9 Å². The molecule has 1 aliphatic carbocycles. The number of aryl methyl sites for hydroxylation is 1. The van der Waals surface area contributed by atoms with Crippen LogP contribution in [0, 0.1) is 18.3 Å². The smallest absolute Gasteiger partial charge is 0.192 e. The van der Waals surface area contributed by atoms with Gasteiger partial charge in [0.2, 0.25) is 0 Å². The average molecular weight is 447 g/mol. The third kappa shape index (κ3) is 3.59. The third-order valence-corrected chi connectivity index (χ3v) is 5.25. The van der Waals surface area contributed by atoms with Crippen LogP contribution in [-0.4, -0.2) is 31.3 Å². The lowest BCUT2D eigenvalue weighted by Gasteiger charge is -2.55. The van der Waals surface area contributed by atoms with Crippen molar-refractivity contribution in [2.75, 3.05) is 13.2 Å². The normalized spacial score (nSPS) is 29.2. The van der Waals surface area contributed by atoms with E-state index in [-0.39, 0.29) is 35.4 Å². The molecule has 0 aromatic carbocycles. The van der Waals surface area contributed by atoms with Crippen molar-refractivity contribution in [3.05, 3.63) is 23.7 Å². The summed E-state index contributed by atoms with van der Waals surface area (Å²) in [6.07, 6.45) is 1.52. The molecule has 4 unspecified atom stereocenters. The largest absolute Gasteiger partial charge is 0.464 e. The first kappa shape index (κ1) is 19.6. The summed E-state index contributed by atoms with van der Waals surface area (Å²) < 4.78 is 11.6. The number of guanidine groups is 1. The third-order valence-electron chi connectivity index (χ3n) is 5.25. The van der Waals surface area contributed by atoms with Crippen molar-refractivity contribution in [3.8, 4) is 0 Å². The number of rotatable bonds is 4. The Morgan fingerprint density at radius 1 is 1.42 bits per heavy atom. The Balaban J connectivity index is 0.00000208. The fourth-order valence-corrected chi connectivity index (χ4v) is 4.02. The number of fused-ring (bicyclic) bond motifs is 1. The molecule has 4 atom stereocenters. The summed E-state index contributed by atoms with van der Waals surface area (Å²) in [5.74, 6) is 3.32. The molecular weight excluding hydrogens is 417 g/mol. The van der Waals surface area contributed by atoms with Crippen LogP contribution in [-0.2, 0) is 4.74 Å². The second-order valence-electron chi connectivity index (χ2n) is 7.32. The second-order valence-corrected chi connectivity index (χ2v) is 7.32. The lowest BCUT2D eigenvalue weighted by atomic mass is 9.57. The molecule has 0 bridgehead atoms. The quantitative estimate of drug-likeness (QED) is 0.421. The van der Waals surface area contributed by atoms with E-state index in [2.05, 4.69) is 43.3 Å². The van der Waals surface area contributed by atoms with Crippen LogP contribution >= 0.6 is 24.0 Å². The number of ether oxygens (including phenoxy) is 1. The van der Waals surface area contributed by atoms with E-state index in [4.69, 9.17) is 9.15 Å².